The molecule has 9 nitrogen and oxygen atoms in total. The van der Waals surface area contributed by atoms with Gasteiger partial charge in [-0.05, 0) is 47.5 Å². The molecule has 1 aromatic heterocycles. The number of tetrazole rings is 1. The van der Waals surface area contributed by atoms with E-state index in [0.29, 0.717) is 16.4 Å². The molecule has 3 aromatic rings. The van der Waals surface area contributed by atoms with Crippen molar-refractivity contribution in [2.45, 2.75) is 25.0 Å². The van der Waals surface area contributed by atoms with E-state index in [1.165, 1.54) is 18.9 Å². The van der Waals surface area contributed by atoms with Crippen LogP contribution in [0.3, 0.4) is 0 Å². The van der Waals surface area contributed by atoms with Crippen molar-refractivity contribution < 1.29 is 14.3 Å². The van der Waals surface area contributed by atoms with Gasteiger partial charge in [0.05, 0.1) is 24.4 Å². The summed E-state index contributed by atoms with van der Waals surface area (Å²) in [6.07, 6.45) is 0. The molecule has 1 aliphatic rings. The highest BCUT2D eigenvalue weighted by atomic mass is 32.2. The van der Waals surface area contributed by atoms with Crippen LogP contribution in [0.15, 0.2) is 65.0 Å². The molecule has 0 saturated carbocycles. The molecular formula is C22H22N6O3S. The Kier molecular flexibility index (Phi) is 6.22. The molecule has 0 spiro atoms. The number of carbonyl (C=O) groups excluding carboxylic acids is 2. The number of thioether (sulfide) groups is 1. The second-order valence-electron chi connectivity index (χ2n) is 7.27. The van der Waals surface area contributed by atoms with Crippen molar-refractivity contribution in [1.82, 2.24) is 30.8 Å². The van der Waals surface area contributed by atoms with Crippen LogP contribution in [0.5, 0.6) is 0 Å². The third-order valence-corrected chi connectivity index (χ3v) is 6.04. The quantitative estimate of drug-likeness (QED) is 0.439. The first-order valence-corrected chi connectivity index (χ1v) is 10.9. The number of hydrogen-bond donors (Lipinski definition) is 2. The molecule has 0 fully saturated rings. The van der Waals surface area contributed by atoms with Crippen molar-refractivity contribution in [3.05, 3.63) is 76.5 Å². The normalized spacial score (nSPS) is 15.8. The summed E-state index contributed by atoms with van der Waals surface area (Å²) in [6.45, 7) is 3.91. The largest absolute Gasteiger partial charge is 0.466 e. The second-order valence-corrected chi connectivity index (χ2v) is 8.22. The summed E-state index contributed by atoms with van der Waals surface area (Å²) in [6, 6.07) is 14.4. The Morgan fingerprint density at radius 1 is 1.19 bits per heavy atom. The van der Waals surface area contributed by atoms with Crippen molar-refractivity contribution in [3.63, 3.8) is 0 Å². The summed E-state index contributed by atoms with van der Waals surface area (Å²) in [5, 5.41) is 18.1. The minimum absolute atomic E-state index is 0.270. The lowest BCUT2D eigenvalue weighted by Crippen LogP contribution is -2.46. The number of urea groups is 1. The number of benzene rings is 2. The Morgan fingerprint density at radius 2 is 1.97 bits per heavy atom. The van der Waals surface area contributed by atoms with Gasteiger partial charge in [0, 0.05) is 11.4 Å². The number of nitrogens with one attached hydrogen (secondary N) is 2. The lowest BCUT2D eigenvalue weighted by atomic mass is 9.91. The number of hydrogen-bond acceptors (Lipinski definition) is 7. The highest BCUT2D eigenvalue weighted by Crippen LogP contribution is 2.32. The zero-order valence-electron chi connectivity index (χ0n) is 17.8. The van der Waals surface area contributed by atoms with Crippen molar-refractivity contribution in [2.24, 2.45) is 0 Å². The maximum Gasteiger partial charge on any atom is 0.338 e. The van der Waals surface area contributed by atoms with E-state index in [1.54, 1.807) is 4.68 Å². The van der Waals surface area contributed by atoms with E-state index in [4.69, 9.17) is 4.74 Å². The van der Waals surface area contributed by atoms with Crippen molar-refractivity contribution in [2.75, 3.05) is 12.9 Å². The Bertz CT molecular complexity index is 1190. The molecule has 32 heavy (non-hydrogen) atoms. The fourth-order valence-electron chi connectivity index (χ4n) is 3.52. The minimum Gasteiger partial charge on any atom is -0.466 e. The van der Waals surface area contributed by atoms with E-state index in [1.807, 2.05) is 62.4 Å². The SMILES string of the molecule is COC(=O)C1=C(CSc2nnnn2-c2ccccc2)NC(=O)N[C@H]1c1cc(C)ccc1C. The molecule has 0 saturated heterocycles. The molecule has 164 valence electrons. The predicted octanol–water partition coefficient (Wildman–Crippen LogP) is 2.85. The second kappa shape index (κ2) is 9.23. The van der Waals surface area contributed by atoms with E-state index in [9.17, 15) is 9.59 Å². The number of methoxy groups -OCH3 is 1. The first-order chi connectivity index (χ1) is 15.5. The fourth-order valence-corrected chi connectivity index (χ4v) is 4.38. The summed E-state index contributed by atoms with van der Waals surface area (Å²) in [5.41, 5.74) is 4.46. The van der Waals surface area contributed by atoms with Gasteiger partial charge in [-0.25, -0.2) is 9.59 Å². The molecule has 0 aliphatic carbocycles. The van der Waals surface area contributed by atoms with E-state index in [-0.39, 0.29) is 11.8 Å². The monoisotopic (exact) mass is 450 g/mol. The molecule has 2 aromatic carbocycles. The van der Waals surface area contributed by atoms with E-state index < -0.39 is 12.0 Å². The molecule has 1 atom stereocenters. The maximum absolute atomic E-state index is 12.8. The van der Waals surface area contributed by atoms with Gasteiger partial charge in [-0.2, -0.15) is 4.68 Å². The van der Waals surface area contributed by atoms with Crippen LogP contribution in [0.2, 0.25) is 0 Å². The summed E-state index contributed by atoms with van der Waals surface area (Å²) in [7, 11) is 1.33. The molecule has 2 heterocycles. The summed E-state index contributed by atoms with van der Waals surface area (Å²) < 4.78 is 6.67. The maximum atomic E-state index is 12.8. The average Bonchev–Trinajstić information content (AvgIpc) is 3.27. The van der Waals surface area contributed by atoms with Gasteiger partial charge in [0.15, 0.2) is 0 Å². The van der Waals surface area contributed by atoms with Crippen LogP contribution < -0.4 is 10.6 Å². The number of esters is 1. The number of nitrogens with zero attached hydrogens (tertiary/aromatic N) is 4. The first-order valence-electron chi connectivity index (χ1n) is 9.90. The van der Waals surface area contributed by atoms with E-state index in [0.717, 1.165) is 22.4 Å². The summed E-state index contributed by atoms with van der Waals surface area (Å²) in [5.74, 6) is -0.242. The third-order valence-electron chi connectivity index (χ3n) is 5.09. The minimum atomic E-state index is -0.628. The van der Waals surface area contributed by atoms with Crippen LogP contribution >= 0.6 is 11.8 Å². The molecule has 0 radical (unpaired) electrons. The summed E-state index contributed by atoms with van der Waals surface area (Å²) in [4.78, 5) is 25.3. The van der Waals surface area contributed by atoms with Gasteiger partial charge in [-0.1, -0.05) is 53.7 Å². The van der Waals surface area contributed by atoms with Crippen LogP contribution in [0.4, 0.5) is 4.79 Å². The molecule has 10 heteroatoms. The third kappa shape index (κ3) is 4.35. The van der Waals surface area contributed by atoms with Gasteiger partial charge >= 0.3 is 12.0 Å². The molecule has 1 aliphatic heterocycles. The fraction of sp³-hybridized carbons (Fsp3) is 0.227. The van der Waals surface area contributed by atoms with Gasteiger partial charge in [0.2, 0.25) is 5.16 Å². The van der Waals surface area contributed by atoms with Crippen molar-refractivity contribution >= 4 is 23.8 Å². The van der Waals surface area contributed by atoms with Crippen LogP contribution in [0.25, 0.3) is 5.69 Å². The van der Waals surface area contributed by atoms with Crippen LogP contribution in [0, 0.1) is 13.8 Å². The zero-order chi connectivity index (χ0) is 22.7. The smallest absolute Gasteiger partial charge is 0.338 e. The number of aryl methyl sites for hydroxylation is 2. The van der Waals surface area contributed by atoms with Gasteiger partial charge in [-0.15, -0.1) is 5.10 Å². The Balaban J connectivity index is 1.70. The average molecular weight is 451 g/mol. The topological polar surface area (TPSA) is 111 Å². The van der Waals surface area contributed by atoms with Crippen LogP contribution in [-0.4, -0.2) is 45.1 Å². The number of aromatic nitrogens is 4. The molecule has 0 unspecified atom stereocenters. The molecule has 2 amide bonds. The van der Waals surface area contributed by atoms with Crippen LogP contribution in [-0.2, 0) is 9.53 Å². The highest BCUT2D eigenvalue weighted by Gasteiger charge is 2.34. The number of amides is 2. The first kappa shape index (κ1) is 21.6. The van der Waals surface area contributed by atoms with Crippen LogP contribution in [0.1, 0.15) is 22.7 Å². The van der Waals surface area contributed by atoms with Gasteiger partial charge in [0.25, 0.3) is 0 Å². The molecule has 0 bridgehead atoms. The van der Waals surface area contributed by atoms with Crippen molar-refractivity contribution in [1.29, 1.82) is 0 Å². The number of carbonyl (C=O) groups is 2. The number of para-hydroxylation sites is 1. The molecular weight excluding hydrogens is 428 g/mol. The van der Waals surface area contributed by atoms with E-state index in [2.05, 4.69) is 26.2 Å². The molecule has 4 rings (SSSR count). The highest BCUT2D eigenvalue weighted by molar-refractivity contribution is 7.99. The standard InChI is InChI=1S/C22H22N6O3S/c1-13-9-10-14(2)16(11-13)19-18(20(29)31-3)17(23-21(30)24-19)12-32-22-25-26-27-28(22)15-7-5-4-6-8-15/h4-11,19H,12H2,1-3H3,(H2,23,24,30)/t19-/m0/s1. The lowest BCUT2D eigenvalue weighted by Gasteiger charge is -2.30. The lowest BCUT2D eigenvalue weighted by molar-refractivity contribution is -0.136. The van der Waals surface area contributed by atoms with Gasteiger partial charge in [0.1, 0.15) is 0 Å². The Labute approximate surface area is 189 Å². The predicted molar refractivity (Wildman–Crippen MR) is 119 cm³/mol. The summed E-state index contributed by atoms with van der Waals surface area (Å²) >= 11 is 1.31. The van der Waals surface area contributed by atoms with Crippen molar-refractivity contribution in [3.8, 4) is 5.69 Å². The van der Waals surface area contributed by atoms with E-state index >= 15 is 0 Å². The molecule has 2 N–H and O–H groups in total. The Morgan fingerprint density at radius 3 is 2.72 bits per heavy atom. The number of rotatable bonds is 6. The number of ether oxygens (including phenoxy) is 1. The zero-order valence-corrected chi connectivity index (χ0v) is 18.6. The Hall–Kier alpha value is -3.66. The van der Waals surface area contributed by atoms with Gasteiger partial charge in [-0.3, -0.25) is 0 Å². The van der Waals surface area contributed by atoms with Gasteiger partial charge < -0.3 is 15.4 Å².